The van der Waals surface area contributed by atoms with Gasteiger partial charge in [-0.2, -0.15) is 0 Å². The second-order valence-corrected chi connectivity index (χ2v) is 16.6. The number of carbonyl (C=O) groups excluding carboxylic acids is 5. The molecule has 0 aromatic heterocycles. The molecule has 0 spiro atoms. The molecule has 4 fully saturated rings. The van der Waals surface area contributed by atoms with E-state index in [9.17, 15) is 36.8 Å². The van der Waals surface area contributed by atoms with Crippen molar-refractivity contribution in [1.29, 1.82) is 0 Å². The maximum atomic E-state index is 14.4. The third-order valence-corrected chi connectivity index (χ3v) is 12.8. The van der Waals surface area contributed by atoms with Crippen molar-refractivity contribution < 1.29 is 41.5 Å². The minimum absolute atomic E-state index is 0.0987. The number of halogens is 1. The van der Waals surface area contributed by atoms with Crippen molar-refractivity contribution in [3.8, 4) is 0 Å². The number of benzene rings is 1. The van der Waals surface area contributed by atoms with E-state index in [1.54, 1.807) is 11.0 Å². The predicted octanol–water partition coefficient (Wildman–Crippen LogP) is 2.47. The lowest BCUT2D eigenvalue weighted by Gasteiger charge is -2.30. The molecule has 1 aromatic rings. The number of amides is 6. The standard InChI is InChI=1S/C35H45FN6O8S/c36-26-10-8-12-28-25(26)15-18-41(28)34(47)50-23-19-29-30(43)38-35(32(45)39-51(48,49)24-13-14-24)20-22(35)9-4-2-1-3-5-11-27(31(44)42(29)21-23)37-33(46)40-16-6-7-17-40/h4,8-10,12,22-24,27,29H,1-3,5-7,11,13-21H2,(H,37,46)(H,38,43)(H,39,45)/b9-4-/t22-,23-,27+,29+,35-/m1/s1. The molecule has 0 unspecified atom stereocenters. The Hall–Kier alpha value is -4.21. The molecule has 2 saturated heterocycles. The summed E-state index contributed by atoms with van der Waals surface area (Å²) < 4.78 is 48.0. The van der Waals surface area contributed by atoms with Crippen LogP contribution in [0.5, 0.6) is 0 Å². The zero-order chi connectivity index (χ0) is 35.9. The molecule has 3 N–H and O–H groups in total. The maximum Gasteiger partial charge on any atom is 0.414 e. The summed E-state index contributed by atoms with van der Waals surface area (Å²) in [6, 6.07) is 1.96. The molecule has 16 heteroatoms. The van der Waals surface area contributed by atoms with Gasteiger partial charge in [0, 0.05) is 37.5 Å². The number of ether oxygens (including phenoxy) is 1. The number of rotatable bonds is 5. The monoisotopic (exact) mass is 728 g/mol. The number of allylic oxidation sites excluding steroid dienone is 1. The first-order valence-electron chi connectivity index (χ1n) is 18.1. The van der Waals surface area contributed by atoms with E-state index >= 15 is 0 Å². The second kappa shape index (κ2) is 14.1. The number of nitrogens with one attached hydrogen (secondary N) is 3. The average molecular weight is 729 g/mol. The molecule has 14 nitrogen and oxygen atoms in total. The normalized spacial score (nSPS) is 30.3. The Balaban J connectivity index is 1.15. The molecule has 51 heavy (non-hydrogen) atoms. The Bertz CT molecular complexity index is 1730. The van der Waals surface area contributed by atoms with Gasteiger partial charge in [-0.15, -0.1) is 0 Å². The number of urea groups is 1. The van der Waals surface area contributed by atoms with E-state index in [1.165, 1.54) is 21.9 Å². The maximum absolute atomic E-state index is 14.4. The van der Waals surface area contributed by atoms with Crippen LogP contribution in [0.25, 0.3) is 0 Å². The van der Waals surface area contributed by atoms with E-state index in [0.29, 0.717) is 62.9 Å². The van der Waals surface area contributed by atoms with Crippen LogP contribution in [0.4, 0.5) is 19.7 Å². The topological polar surface area (TPSA) is 175 Å². The average Bonchev–Trinajstić information content (AvgIpc) is 3.85. The minimum atomic E-state index is -3.91. The summed E-state index contributed by atoms with van der Waals surface area (Å²) in [5.74, 6) is -2.90. The minimum Gasteiger partial charge on any atom is -0.444 e. The van der Waals surface area contributed by atoms with Gasteiger partial charge in [0.1, 0.15) is 29.5 Å². The molecule has 6 aliphatic rings. The number of sulfonamides is 1. The van der Waals surface area contributed by atoms with Crippen molar-refractivity contribution in [2.75, 3.05) is 31.1 Å². The molecule has 6 amide bonds. The number of hydrogen-bond acceptors (Lipinski definition) is 8. The van der Waals surface area contributed by atoms with Gasteiger partial charge >= 0.3 is 12.1 Å². The number of nitrogens with zero attached hydrogens (tertiary/aromatic N) is 3. The number of fused-ring (bicyclic) bond motifs is 3. The SMILES string of the molecule is O=C1N[C@]2(C(=O)NS(=O)(=O)C3CC3)C[C@H]2/C=C\CCCCC[C@H](NC(=O)N2CCCC2)C(=O)N2C[C@H](OC(=O)N3CCc4c(F)cccc43)C[C@@H]12. The smallest absolute Gasteiger partial charge is 0.414 e. The van der Waals surface area contributed by atoms with Gasteiger partial charge in [-0.05, 0) is 69.9 Å². The highest BCUT2D eigenvalue weighted by molar-refractivity contribution is 7.91. The molecule has 4 aliphatic heterocycles. The summed E-state index contributed by atoms with van der Waals surface area (Å²) in [5.41, 5.74) is -0.736. The third-order valence-electron chi connectivity index (χ3n) is 11.0. The first-order chi connectivity index (χ1) is 24.5. The molecule has 7 rings (SSSR count). The van der Waals surface area contributed by atoms with Gasteiger partial charge in [-0.3, -0.25) is 24.0 Å². The molecule has 0 radical (unpaired) electrons. The summed E-state index contributed by atoms with van der Waals surface area (Å²) in [4.78, 5) is 73.1. The van der Waals surface area contributed by atoms with Crippen LogP contribution in [0.1, 0.15) is 76.2 Å². The van der Waals surface area contributed by atoms with E-state index < -0.39 is 74.5 Å². The highest BCUT2D eigenvalue weighted by Crippen LogP contribution is 2.46. The van der Waals surface area contributed by atoms with Gasteiger partial charge in [-0.1, -0.05) is 31.1 Å². The molecule has 5 atom stereocenters. The quantitative estimate of drug-likeness (QED) is 0.388. The number of carbonyl (C=O) groups is 5. The van der Waals surface area contributed by atoms with Crippen LogP contribution < -0.4 is 20.3 Å². The zero-order valence-electron chi connectivity index (χ0n) is 28.5. The number of anilines is 1. The van der Waals surface area contributed by atoms with Crippen molar-refractivity contribution in [2.24, 2.45) is 5.92 Å². The lowest BCUT2D eigenvalue weighted by atomic mass is 10.0. The van der Waals surface area contributed by atoms with Gasteiger partial charge in [0.2, 0.25) is 21.8 Å². The van der Waals surface area contributed by atoms with Gasteiger partial charge in [0.05, 0.1) is 17.5 Å². The Labute approximate surface area is 296 Å². The fraction of sp³-hybridized carbons (Fsp3) is 0.629. The van der Waals surface area contributed by atoms with Gasteiger partial charge < -0.3 is 25.2 Å². The van der Waals surface area contributed by atoms with Crippen LogP contribution in [-0.2, 0) is 35.6 Å². The third kappa shape index (κ3) is 7.28. The predicted molar refractivity (Wildman–Crippen MR) is 182 cm³/mol. The highest BCUT2D eigenvalue weighted by atomic mass is 32.2. The van der Waals surface area contributed by atoms with E-state index in [2.05, 4.69) is 15.4 Å². The van der Waals surface area contributed by atoms with E-state index in [0.717, 1.165) is 25.7 Å². The largest absolute Gasteiger partial charge is 0.444 e. The molecule has 1 aromatic carbocycles. The lowest BCUT2D eigenvalue weighted by molar-refractivity contribution is -0.141. The van der Waals surface area contributed by atoms with Crippen LogP contribution >= 0.6 is 0 Å². The van der Waals surface area contributed by atoms with E-state index in [-0.39, 0.29) is 32.0 Å². The van der Waals surface area contributed by atoms with Gasteiger partial charge in [-0.25, -0.2) is 22.4 Å². The summed E-state index contributed by atoms with van der Waals surface area (Å²) in [5, 5.41) is 5.07. The van der Waals surface area contributed by atoms with E-state index in [4.69, 9.17) is 4.74 Å². The Morgan fingerprint density at radius 3 is 2.55 bits per heavy atom. The molecule has 4 heterocycles. The van der Waals surface area contributed by atoms with E-state index in [1.807, 2.05) is 12.2 Å². The Morgan fingerprint density at radius 2 is 1.78 bits per heavy atom. The molecule has 0 bridgehead atoms. The molecule has 276 valence electrons. The zero-order valence-corrected chi connectivity index (χ0v) is 29.3. The summed E-state index contributed by atoms with van der Waals surface area (Å²) in [6.45, 7) is 1.21. The number of hydrogen-bond donors (Lipinski definition) is 3. The van der Waals surface area contributed by atoms with Crippen molar-refractivity contribution in [1.82, 2.24) is 25.2 Å². The molecular weight excluding hydrogens is 683 g/mol. The first-order valence-corrected chi connectivity index (χ1v) is 19.7. The second-order valence-electron chi connectivity index (χ2n) is 14.6. The summed E-state index contributed by atoms with van der Waals surface area (Å²) >= 11 is 0. The van der Waals surface area contributed by atoms with Crippen LogP contribution in [0.2, 0.25) is 0 Å². The fourth-order valence-corrected chi connectivity index (χ4v) is 9.16. The Kier molecular flexibility index (Phi) is 9.71. The van der Waals surface area contributed by atoms with Gasteiger partial charge in [0.25, 0.3) is 5.91 Å². The van der Waals surface area contributed by atoms with Crippen LogP contribution in [0.15, 0.2) is 30.4 Å². The fourth-order valence-electron chi connectivity index (χ4n) is 7.80. The lowest BCUT2D eigenvalue weighted by Crippen LogP contribution is -2.58. The van der Waals surface area contributed by atoms with Crippen molar-refractivity contribution >= 4 is 45.6 Å². The van der Waals surface area contributed by atoms with Crippen molar-refractivity contribution in [3.63, 3.8) is 0 Å². The van der Waals surface area contributed by atoms with Crippen LogP contribution in [0, 0.1) is 11.7 Å². The van der Waals surface area contributed by atoms with Crippen molar-refractivity contribution in [3.05, 3.63) is 41.7 Å². The highest BCUT2D eigenvalue weighted by Gasteiger charge is 2.62. The Morgan fingerprint density at radius 1 is 1.00 bits per heavy atom. The van der Waals surface area contributed by atoms with Crippen molar-refractivity contribution in [2.45, 2.75) is 106 Å². The van der Waals surface area contributed by atoms with Crippen LogP contribution in [-0.4, -0.2) is 103 Å². The van der Waals surface area contributed by atoms with Gasteiger partial charge in [0.15, 0.2) is 0 Å². The number of likely N-dealkylation sites (tertiary alicyclic amines) is 1. The molecule has 2 aliphatic carbocycles. The first kappa shape index (κ1) is 35.2. The molecule has 2 saturated carbocycles. The summed E-state index contributed by atoms with van der Waals surface area (Å²) in [7, 11) is -3.91. The summed E-state index contributed by atoms with van der Waals surface area (Å²) in [6.07, 6.45) is 8.35. The molecular formula is C35H45FN6O8S. The van der Waals surface area contributed by atoms with Crippen LogP contribution in [0.3, 0.4) is 0 Å².